The van der Waals surface area contributed by atoms with Crippen LogP contribution in [0.15, 0.2) is 0 Å². The van der Waals surface area contributed by atoms with Crippen LogP contribution in [0.5, 0.6) is 0 Å². The quantitative estimate of drug-likeness (QED) is 0.440. The summed E-state index contributed by atoms with van der Waals surface area (Å²) >= 11 is 0. The van der Waals surface area contributed by atoms with Gasteiger partial charge >= 0.3 is 0 Å². The Hall–Kier alpha value is -0.670. The van der Waals surface area contributed by atoms with E-state index in [1.165, 1.54) is 0 Å². The van der Waals surface area contributed by atoms with Crippen molar-refractivity contribution < 1.29 is 15.3 Å². The molecule has 2 N–H and O–H groups in total. The predicted molar refractivity (Wildman–Crippen MR) is 30.8 cm³/mol. The molecule has 0 aliphatic heterocycles. The molecule has 0 aliphatic carbocycles. The minimum atomic E-state index is -0.327. The number of hydrogen-bond donors (Lipinski definition) is 2. The van der Waals surface area contributed by atoms with E-state index in [1.54, 1.807) is 0 Å². The van der Waals surface area contributed by atoms with E-state index in [0.717, 1.165) is 0 Å². The summed E-state index contributed by atoms with van der Waals surface area (Å²) in [6.45, 7) is 0.217. The summed E-state index contributed by atoms with van der Waals surface area (Å²) in [4.78, 5) is 4.22. The number of nitriles is 1. The van der Waals surface area contributed by atoms with Crippen LogP contribution in [-0.4, -0.2) is 22.4 Å². The topological polar surface area (TPSA) is 76.7 Å². The monoisotopic (exact) mass is 146 g/mol. The van der Waals surface area contributed by atoms with E-state index in [9.17, 15) is 0 Å². The van der Waals surface area contributed by atoms with Crippen molar-refractivity contribution in [2.75, 3.05) is 6.61 Å². The van der Waals surface area contributed by atoms with E-state index in [1.807, 2.05) is 6.07 Å². The Bertz CT molecular complexity index is 110. The van der Waals surface area contributed by atoms with E-state index in [4.69, 9.17) is 15.7 Å². The molecule has 0 unspecified atom stereocenters. The van der Waals surface area contributed by atoms with Crippen LogP contribution in [0.3, 0.4) is 0 Å². The summed E-state index contributed by atoms with van der Waals surface area (Å²) in [5, 5.41) is 23.8. The van der Waals surface area contributed by atoms with Gasteiger partial charge in [0.1, 0.15) is 0 Å². The predicted octanol–water partition coefficient (Wildman–Crippen LogP) is 0.692. The van der Waals surface area contributed by atoms with Crippen LogP contribution in [0.25, 0.3) is 0 Å². The third-order valence-corrected chi connectivity index (χ3v) is 0.890. The van der Waals surface area contributed by atoms with Crippen molar-refractivity contribution in [2.45, 2.75) is 19.3 Å². The van der Waals surface area contributed by atoms with Crippen LogP contribution >= 0.6 is 0 Å². The molecule has 0 saturated heterocycles. The lowest BCUT2D eigenvalue weighted by atomic mass is 10.3. The fourth-order valence-electron chi connectivity index (χ4n) is 0.452. The van der Waals surface area contributed by atoms with Gasteiger partial charge in [0.25, 0.3) is 0 Å². The van der Waals surface area contributed by atoms with Crippen molar-refractivity contribution in [2.24, 2.45) is 0 Å². The Morgan fingerprint density at radius 3 is 2.60 bits per heavy atom. The van der Waals surface area contributed by atoms with E-state index in [2.05, 4.69) is 4.84 Å². The zero-order valence-electron chi connectivity index (χ0n) is 5.53. The maximum absolute atomic E-state index is 8.07. The van der Waals surface area contributed by atoms with Gasteiger partial charge in [-0.3, -0.25) is 15.3 Å². The van der Waals surface area contributed by atoms with Gasteiger partial charge in [-0.1, -0.05) is 0 Å². The van der Waals surface area contributed by atoms with Crippen molar-refractivity contribution >= 4 is 0 Å². The SMILES string of the molecule is N#CCCCCON(O)O. The molecule has 0 rings (SSSR count). The fraction of sp³-hybridized carbons (Fsp3) is 0.800. The number of hydrogen-bond acceptors (Lipinski definition) is 5. The van der Waals surface area contributed by atoms with Crippen LogP contribution in [0.1, 0.15) is 19.3 Å². The molecule has 0 heterocycles. The summed E-state index contributed by atoms with van der Waals surface area (Å²) in [6, 6.07) is 1.96. The normalized spacial score (nSPS) is 9.80. The zero-order valence-corrected chi connectivity index (χ0v) is 5.53. The van der Waals surface area contributed by atoms with Crippen LogP contribution in [0.2, 0.25) is 0 Å². The molecule has 58 valence electrons. The van der Waals surface area contributed by atoms with Crippen LogP contribution in [0, 0.1) is 11.3 Å². The molecule has 0 radical (unpaired) electrons. The minimum Gasteiger partial charge on any atom is -0.266 e. The highest BCUT2D eigenvalue weighted by atomic mass is 17.1. The molecule has 0 bridgehead atoms. The van der Waals surface area contributed by atoms with Crippen molar-refractivity contribution in [3.8, 4) is 6.07 Å². The van der Waals surface area contributed by atoms with Gasteiger partial charge in [-0.2, -0.15) is 5.26 Å². The first kappa shape index (κ1) is 9.33. The summed E-state index contributed by atoms with van der Waals surface area (Å²) in [6.07, 6.45) is 1.83. The van der Waals surface area contributed by atoms with Gasteiger partial charge in [0.2, 0.25) is 0 Å². The Labute approximate surface area is 58.9 Å². The molecule has 0 atom stereocenters. The second-order valence-electron chi connectivity index (χ2n) is 1.70. The van der Waals surface area contributed by atoms with Gasteiger partial charge in [-0.05, 0) is 12.8 Å². The van der Waals surface area contributed by atoms with Crippen molar-refractivity contribution in [3.05, 3.63) is 0 Å². The smallest absolute Gasteiger partial charge is 0.0736 e. The third-order valence-electron chi connectivity index (χ3n) is 0.890. The average Bonchev–Trinajstić information content (AvgIpc) is 1.87. The highest BCUT2D eigenvalue weighted by Crippen LogP contribution is 1.93. The Balaban J connectivity index is 2.86. The highest BCUT2D eigenvalue weighted by molar-refractivity contribution is 4.67. The summed E-state index contributed by atoms with van der Waals surface area (Å²) in [5.74, 6) is 0. The highest BCUT2D eigenvalue weighted by Gasteiger charge is 1.92. The lowest BCUT2D eigenvalue weighted by molar-refractivity contribution is -0.492. The molecule has 5 nitrogen and oxygen atoms in total. The maximum Gasteiger partial charge on any atom is 0.0736 e. The van der Waals surface area contributed by atoms with E-state index >= 15 is 0 Å². The molecular formula is C5H10N2O3. The number of rotatable bonds is 5. The summed E-state index contributed by atoms with van der Waals surface area (Å²) in [5.41, 5.74) is 0. The second kappa shape index (κ2) is 6.45. The third kappa shape index (κ3) is 7.33. The van der Waals surface area contributed by atoms with Gasteiger partial charge < -0.3 is 0 Å². The Morgan fingerprint density at radius 2 is 2.10 bits per heavy atom. The first-order valence-corrected chi connectivity index (χ1v) is 2.95. The Morgan fingerprint density at radius 1 is 1.40 bits per heavy atom. The van der Waals surface area contributed by atoms with Crippen LogP contribution < -0.4 is 0 Å². The van der Waals surface area contributed by atoms with Gasteiger partial charge in [0.15, 0.2) is 0 Å². The van der Waals surface area contributed by atoms with Crippen molar-refractivity contribution in [1.29, 1.82) is 5.26 Å². The molecule has 0 fully saturated rings. The average molecular weight is 146 g/mol. The molecule has 10 heavy (non-hydrogen) atoms. The largest absolute Gasteiger partial charge is 0.266 e. The van der Waals surface area contributed by atoms with E-state index in [-0.39, 0.29) is 12.0 Å². The summed E-state index contributed by atoms with van der Waals surface area (Å²) in [7, 11) is 0. The lowest BCUT2D eigenvalue weighted by Gasteiger charge is -2.03. The molecule has 0 aromatic heterocycles. The van der Waals surface area contributed by atoms with Crippen molar-refractivity contribution in [3.63, 3.8) is 0 Å². The Kier molecular flexibility index (Phi) is 6.02. The molecule has 0 saturated carbocycles. The second-order valence-corrected chi connectivity index (χ2v) is 1.70. The molecule has 0 amide bonds. The molecule has 0 aromatic carbocycles. The lowest BCUT2D eigenvalue weighted by Crippen LogP contribution is -2.14. The maximum atomic E-state index is 8.07. The van der Waals surface area contributed by atoms with Crippen molar-refractivity contribution in [1.82, 2.24) is 5.39 Å². The van der Waals surface area contributed by atoms with Gasteiger partial charge in [-0.25, -0.2) is 0 Å². The van der Waals surface area contributed by atoms with Gasteiger partial charge in [0.05, 0.1) is 18.1 Å². The van der Waals surface area contributed by atoms with Crippen LogP contribution in [-0.2, 0) is 4.84 Å². The number of nitrogens with zero attached hydrogens (tertiary/aromatic N) is 2. The van der Waals surface area contributed by atoms with E-state index < -0.39 is 0 Å². The molecule has 5 heteroatoms. The van der Waals surface area contributed by atoms with E-state index in [0.29, 0.717) is 19.3 Å². The first-order valence-electron chi connectivity index (χ1n) is 2.95. The molecule has 0 aliphatic rings. The first-order chi connectivity index (χ1) is 4.77. The van der Waals surface area contributed by atoms with Gasteiger partial charge in [0, 0.05) is 6.42 Å². The zero-order chi connectivity index (χ0) is 7.82. The minimum absolute atomic E-state index is 0.217. The fourth-order valence-corrected chi connectivity index (χ4v) is 0.452. The van der Waals surface area contributed by atoms with Gasteiger partial charge in [-0.15, -0.1) is 0 Å². The summed E-state index contributed by atoms with van der Waals surface area (Å²) < 4.78 is 0. The van der Waals surface area contributed by atoms with Crippen LogP contribution in [0.4, 0.5) is 0 Å². The molecular weight excluding hydrogens is 136 g/mol. The standard InChI is InChI=1S/C5H10N2O3/c6-4-2-1-3-5-10-7(8)9/h8-9H,1-3,5H2. The molecule has 0 spiro atoms. The molecule has 0 aromatic rings. The number of unbranched alkanes of at least 4 members (excludes halogenated alkanes) is 2.